The molecule has 0 fully saturated rings. The van der Waals surface area contributed by atoms with Gasteiger partial charge in [0.15, 0.2) is 17.5 Å². The van der Waals surface area contributed by atoms with Gasteiger partial charge in [-0.25, -0.2) is 18.0 Å². The van der Waals surface area contributed by atoms with Crippen LogP contribution in [-0.4, -0.2) is 11.9 Å². The molecule has 0 aliphatic carbocycles. The number of amides is 3. The topological polar surface area (TPSA) is 84.2 Å². The first-order valence-corrected chi connectivity index (χ1v) is 6.00. The van der Waals surface area contributed by atoms with Crippen LogP contribution in [-0.2, 0) is 0 Å². The number of nitrogens with two attached hydrogens (primary N) is 1. The van der Waals surface area contributed by atoms with E-state index in [9.17, 15) is 22.8 Å². The van der Waals surface area contributed by atoms with Gasteiger partial charge in [0, 0.05) is 11.3 Å². The molecule has 4 N–H and O–H groups in total. The lowest BCUT2D eigenvalue weighted by molar-refractivity contribution is 0.102. The Morgan fingerprint density at radius 3 is 2.09 bits per heavy atom. The van der Waals surface area contributed by atoms with Crippen molar-refractivity contribution in [2.24, 2.45) is 5.73 Å². The van der Waals surface area contributed by atoms with Crippen molar-refractivity contribution < 1.29 is 22.8 Å². The predicted molar refractivity (Wildman–Crippen MR) is 73.9 cm³/mol. The molecule has 0 bridgehead atoms. The van der Waals surface area contributed by atoms with Gasteiger partial charge in [-0.05, 0) is 36.4 Å². The van der Waals surface area contributed by atoms with Crippen LogP contribution in [0, 0.1) is 17.5 Å². The largest absolute Gasteiger partial charge is 0.351 e. The second kappa shape index (κ2) is 6.17. The van der Waals surface area contributed by atoms with Crippen LogP contribution in [0.25, 0.3) is 0 Å². The SMILES string of the molecule is NC(=O)Nc1ccc(C(=O)Nc2ccc(F)c(F)c2F)cc1. The van der Waals surface area contributed by atoms with Crippen molar-refractivity contribution in [2.75, 3.05) is 10.6 Å². The van der Waals surface area contributed by atoms with Crippen LogP contribution in [0.4, 0.5) is 29.3 Å². The summed E-state index contributed by atoms with van der Waals surface area (Å²) in [5.41, 5.74) is 4.94. The average molecular weight is 309 g/mol. The maximum absolute atomic E-state index is 13.5. The molecule has 3 amide bonds. The van der Waals surface area contributed by atoms with E-state index in [0.717, 1.165) is 6.07 Å². The number of urea groups is 1. The minimum absolute atomic E-state index is 0.124. The lowest BCUT2D eigenvalue weighted by atomic mass is 10.2. The molecule has 0 aliphatic heterocycles. The van der Waals surface area contributed by atoms with Crippen molar-refractivity contribution in [1.82, 2.24) is 0 Å². The fourth-order valence-corrected chi connectivity index (χ4v) is 1.66. The number of primary amides is 1. The predicted octanol–water partition coefficient (Wildman–Crippen LogP) is 2.85. The third-order valence-corrected chi connectivity index (χ3v) is 2.70. The van der Waals surface area contributed by atoms with Crippen LogP contribution >= 0.6 is 0 Å². The molecule has 0 unspecified atom stereocenters. The number of nitrogens with one attached hydrogen (secondary N) is 2. The third-order valence-electron chi connectivity index (χ3n) is 2.70. The van der Waals surface area contributed by atoms with E-state index in [0.29, 0.717) is 11.8 Å². The van der Waals surface area contributed by atoms with Crippen LogP contribution in [0.3, 0.4) is 0 Å². The molecule has 0 aromatic heterocycles. The zero-order valence-electron chi connectivity index (χ0n) is 11.0. The Hall–Kier alpha value is -3.03. The maximum atomic E-state index is 13.5. The Morgan fingerprint density at radius 2 is 1.50 bits per heavy atom. The van der Waals surface area contributed by atoms with Gasteiger partial charge in [-0.3, -0.25) is 4.79 Å². The van der Waals surface area contributed by atoms with E-state index in [2.05, 4.69) is 10.6 Å². The standard InChI is InChI=1S/C14H10F3N3O2/c15-9-5-6-10(12(17)11(9)16)20-13(21)7-1-3-8(4-2-7)19-14(18)22/h1-6H,(H,20,21)(H3,18,19,22). The Balaban J connectivity index is 2.16. The molecule has 0 aliphatic rings. The summed E-state index contributed by atoms with van der Waals surface area (Å²) in [7, 11) is 0. The zero-order valence-corrected chi connectivity index (χ0v) is 11.0. The van der Waals surface area contributed by atoms with Crippen LogP contribution < -0.4 is 16.4 Å². The highest BCUT2D eigenvalue weighted by atomic mass is 19.2. The summed E-state index contributed by atoms with van der Waals surface area (Å²) < 4.78 is 39.3. The molecule has 22 heavy (non-hydrogen) atoms. The van der Waals surface area contributed by atoms with Gasteiger partial charge in [0.25, 0.3) is 5.91 Å². The highest BCUT2D eigenvalue weighted by Crippen LogP contribution is 2.20. The normalized spacial score (nSPS) is 10.1. The molecule has 0 saturated carbocycles. The van der Waals surface area contributed by atoms with Crippen molar-refractivity contribution in [3.05, 3.63) is 59.4 Å². The van der Waals surface area contributed by atoms with E-state index in [1.165, 1.54) is 24.3 Å². The minimum Gasteiger partial charge on any atom is -0.351 e. The minimum atomic E-state index is -1.67. The monoisotopic (exact) mass is 309 g/mol. The lowest BCUT2D eigenvalue weighted by Crippen LogP contribution is -2.19. The Labute approximate surface area is 122 Å². The van der Waals surface area contributed by atoms with Crippen molar-refractivity contribution in [3.8, 4) is 0 Å². The van der Waals surface area contributed by atoms with Crippen molar-refractivity contribution in [1.29, 1.82) is 0 Å². The van der Waals surface area contributed by atoms with Gasteiger partial charge < -0.3 is 16.4 Å². The molecule has 0 saturated heterocycles. The van der Waals surface area contributed by atoms with E-state index in [1.54, 1.807) is 0 Å². The van der Waals surface area contributed by atoms with Crippen molar-refractivity contribution >= 4 is 23.3 Å². The van der Waals surface area contributed by atoms with Gasteiger partial charge in [-0.15, -0.1) is 0 Å². The number of carbonyl (C=O) groups is 2. The molecule has 0 radical (unpaired) electrons. The zero-order chi connectivity index (χ0) is 16.3. The molecule has 0 heterocycles. The second-order valence-electron chi connectivity index (χ2n) is 4.24. The number of carbonyl (C=O) groups excluding carboxylic acids is 2. The van der Waals surface area contributed by atoms with Gasteiger partial charge in [0.2, 0.25) is 0 Å². The summed E-state index contributed by atoms with van der Waals surface area (Å²) in [5.74, 6) is -5.23. The fraction of sp³-hybridized carbons (Fsp3) is 0. The van der Waals surface area contributed by atoms with Gasteiger partial charge in [0.1, 0.15) is 0 Å². The number of rotatable bonds is 3. The van der Waals surface area contributed by atoms with E-state index in [4.69, 9.17) is 5.73 Å². The van der Waals surface area contributed by atoms with Crippen LogP contribution in [0.1, 0.15) is 10.4 Å². The molecule has 2 aromatic rings. The molecular weight excluding hydrogens is 299 g/mol. The van der Waals surface area contributed by atoms with Gasteiger partial charge in [-0.2, -0.15) is 0 Å². The fourth-order valence-electron chi connectivity index (χ4n) is 1.66. The molecule has 2 aromatic carbocycles. The number of benzene rings is 2. The molecule has 5 nitrogen and oxygen atoms in total. The maximum Gasteiger partial charge on any atom is 0.316 e. The summed E-state index contributed by atoms with van der Waals surface area (Å²) in [5, 5.41) is 4.42. The summed E-state index contributed by atoms with van der Waals surface area (Å²) in [6.07, 6.45) is 0. The second-order valence-corrected chi connectivity index (χ2v) is 4.24. The van der Waals surface area contributed by atoms with Gasteiger partial charge in [0.05, 0.1) is 5.69 Å². The molecule has 2 rings (SSSR count). The molecule has 0 spiro atoms. The molecule has 0 atom stereocenters. The first-order valence-electron chi connectivity index (χ1n) is 6.00. The first kappa shape index (κ1) is 15.4. The summed E-state index contributed by atoms with van der Waals surface area (Å²) >= 11 is 0. The van der Waals surface area contributed by atoms with E-state index in [1.807, 2.05) is 0 Å². The summed E-state index contributed by atoms with van der Waals surface area (Å²) in [4.78, 5) is 22.5. The summed E-state index contributed by atoms with van der Waals surface area (Å²) in [6, 6.07) is 6.35. The van der Waals surface area contributed by atoms with Crippen molar-refractivity contribution in [2.45, 2.75) is 0 Å². The lowest BCUT2D eigenvalue weighted by Gasteiger charge is -2.08. The third kappa shape index (κ3) is 3.35. The van der Waals surface area contributed by atoms with Crippen LogP contribution in [0.5, 0.6) is 0 Å². The first-order chi connectivity index (χ1) is 10.4. The Kier molecular flexibility index (Phi) is 4.31. The summed E-state index contributed by atoms with van der Waals surface area (Å²) in [6.45, 7) is 0. The molecular formula is C14H10F3N3O2. The number of hydrogen-bond donors (Lipinski definition) is 3. The van der Waals surface area contributed by atoms with Gasteiger partial charge in [-0.1, -0.05) is 0 Å². The van der Waals surface area contributed by atoms with E-state index in [-0.39, 0.29) is 5.56 Å². The molecule has 8 heteroatoms. The van der Waals surface area contributed by atoms with Crippen LogP contribution in [0.2, 0.25) is 0 Å². The van der Waals surface area contributed by atoms with E-state index >= 15 is 0 Å². The highest BCUT2D eigenvalue weighted by molar-refractivity contribution is 6.04. The van der Waals surface area contributed by atoms with Crippen LogP contribution in [0.15, 0.2) is 36.4 Å². The number of halogens is 3. The average Bonchev–Trinajstić information content (AvgIpc) is 2.48. The van der Waals surface area contributed by atoms with Gasteiger partial charge >= 0.3 is 6.03 Å². The number of anilines is 2. The number of hydrogen-bond acceptors (Lipinski definition) is 2. The highest BCUT2D eigenvalue weighted by Gasteiger charge is 2.16. The Morgan fingerprint density at radius 1 is 0.864 bits per heavy atom. The Bertz CT molecular complexity index is 733. The van der Waals surface area contributed by atoms with Crippen molar-refractivity contribution in [3.63, 3.8) is 0 Å². The quantitative estimate of drug-likeness (QED) is 0.762. The van der Waals surface area contributed by atoms with E-state index < -0.39 is 35.1 Å². The molecule has 114 valence electrons. The smallest absolute Gasteiger partial charge is 0.316 e.